The lowest BCUT2D eigenvalue weighted by Gasteiger charge is -2.22. The quantitative estimate of drug-likeness (QED) is 0.631. The standard InChI is InChI=1S/C18H19NO4/c1-3-22-17(21)14-13-8-9-18(23-13)10-19(16(20)15(14)18)12-7-5-4-6-11(12)2/h4-9,13-15H,3,10H2,1-2H3/t13-,14+,15-,18+/m0/s1. The van der Waals surface area contributed by atoms with Crippen molar-refractivity contribution in [3.8, 4) is 0 Å². The van der Waals surface area contributed by atoms with Gasteiger partial charge >= 0.3 is 5.97 Å². The Bertz CT molecular complexity index is 713. The van der Waals surface area contributed by atoms with Gasteiger partial charge in [0, 0.05) is 5.69 Å². The zero-order valence-electron chi connectivity index (χ0n) is 13.2. The van der Waals surface area contributed by atoms with Crippen LogP contribution in [0.3, 0.4) is 0 Å². The summed E-state index contributed by atoms with van der Waals surface area (Å²) < 4.78 is 11.2. The third-order valence-electron chi connectivity index (χ3n) is 5.07. The second kappa shape index (κ2) is 4.93. The number of rotatable bonds is 3. The summed E-state index contributed by atoms with van der Waals surface area (Å²) in [6.07, 6.45) is 3.50. The lowest BCUT2D eigenvalue weighted by molar-refractivity contribution is -0.151. The van der Waals surface area contributed by atoms with Crippen molar-refractivity contribution >= 4 is 17.6 Å². The molecule has 2 fully saturated rings. The number of para-hydroxylation sites is 1. The minimum Gasteiger partial charge on any atom is -0.466 e. The maximum atomic E-state index is 13.0. The predicted octanol–water partition coefficient (Wildman–Crippen LogP) is 1.84. The summed E-state index contributed by atoms with van der Waals surface area (Å²) in [5, 5.41) is 0. The van der Waals surface area contributed by atoms with E-state index in [1.807, 2.05) is 43.3 Å². The van der Waals surface area contributed by atoms with Crippen molar-refractivity contribution in [2.24, 2.45) is 11.8 Å². The first-order valence-electron chi connectivity index (χ1n) is 7.98. The molecule has 23 heavy (non-hydrogen) atoms. The fourth-order valence-electron chi connectivity index (χ4n) is 4.08. The highest BCUT2D eigenvalue weighted by Gasteiger charge is 2.67. The number of nitrogens with zero attached hydrogens (tertiary/aromatic N) is 1. The number of carbonyl (C=O) groups is 2. The van der Waals surface area contributed by atoms with E-state index in [-0.39, 0.29) is 18.0 Å². The Labute approximate surface area is 134 Å². The molecule has 1 aromatic carbocycles. The molecular weight excluding hydrogens is 294 g/mol. The molecule has 3 aliphatic rings. The molecule has 0 N–H and O–H groups in total. The van der Waals surface area contributed by atoms with Crippen LogP contribution in [0.25, 0.3) is 0 Å². The number of fused-ring (bicyclic) bond motifs is 1. The Morgan fingerprint density at radius 3 is 2.96 bits per heavy atom. The molecule has 4 rings (SSSR count). The lowest BCUT2D eigenvalue weighted by Crippen LogP contribution is -2.40. The van der Waals surface area contributed by atoms with E-state index in [4.69, 9.17) is 9.47 Å². The van der Waals surface area contributed by atoms with Gasteiger partial charge in [0.15, 0.2) is 0 Å². The summed E-state index contributed by atoms with van der Waals surface area (Å²) in [5.74, 6) is -1.42. The van der Waals surface area contributed by atoms with Crippen LogP contribution in [0.15, 0.2) is 36.4 Å². The molecule has 3 aliphatic heterocycles. The first-order chi connectivity index (χ1) is 11.1. The molecule has 4 atom stereocenters. The van der Waals surface area contributed by atoms with Crippen molar-refractivity contribution in [2.45, 2.75) is 25.6 Å². The van der Waals surface area contributed by atoms with E-state index in [1.165, 1.54) is 0 Å². The predicted molar refractivity (Wildman–Crippen MR) is 83.9 cm³/mol. The van der Waals surface area contributed by atoms with Gasteiger partial charge in [-0.05, 0) is 25.5 Å². The van der Waals surface area contributed by atoms with Crippen molar-refractivity contribution in [3.05, 3.63) is 42.0 Å². The highest BCUT2D eigenvalue weighted by molar-refractivity contribution is 6.03. The van der Waals surface area contributed by atoms with Crippen LogP contribution >= 0.6 is 0 Å². The van der Waals surface area contributed by atoms with E-state index in [1.54, 1.807) is 11.8 Å². The van der Waals surface area contributed by atoms with Crippen molar-refractivity contribution in [1.82, 2.24) is 0 Å². The summed E-state index contributed by atoms with van der Waals surface area (Å²) in [7, 11) is 0. The molecular formula is C18H19NO4. The van der Waals surface area contributed by atoms with Gasteiger partial charge in [-0.15, -0.1) is 0 Å². The zero-order chi connectivity index (χ0) is 16.2. The Kier molecular flexibility index (Phi) is 3.10. The molecule has 2 saturated heterocycles. The van der Waals surface area contributed by atoms with Crippen LogP contribution in [-0.4, -0.2) is 36.7 Å². The summed E-state index contributed by atoms with van der Waals surface area (Å²) in [6.45, 7) is 4.50. The fraction of sp³-hybridized carbons (Fsp3) is 0.444. The van der Waals surface area contributed by atoms with Crippen molar-refractivity contribution in [2.75, 3.05) is 18.1 Å². The minimum atomic E-state index is -0.693. The molecule has 0 radical (unpaired) electrons. The Balaban J connectivity index is 1.71. The third-order valence-corrected chi connectivity index (χ3v) is 5.07. The van der Waals surface area contributed by atoms with Crippen LogP contribution in [0, 0.1) is 18.8 Å². The average molecular weight is 313 g/mol. The molecule has 120 valence electrons. The van der Waals surface area contributed by atoms with E-state index in [0.717, 1.165) is 11.3 Å². The smallest absolute Gasteiger partial charge is 0.312 e. The maximum Gasteiger partial charge on any atom is 0.312 e. The van der Waals surface area contributed by atoms with E-state index < -0.39 is 17.4 Å². The Morgan fingerprint density at radius 1 is 1.43 bits per heavy atom. The van der Waals surface area contributed by atoms with Crippen LogP contribution in [0.2, 0.25) is 0 Å². The zero-order valence-corrected chi connectivity index (χ0v) is 13.2. The molecule has 1 amide bonds. The second-order valence-corrected chi connectivity index (χ2v) is 6.36. The molecule has 2 bridgehead atoms. The molecule has 1 spiro atoms. The van der Waals surface area contributed by atoms with E-state index in [2.05, 4.69) is 0 Å². The average Bonchev–Trinajstić information content (AvgIpc) is 3.16. The van der Waals surface area contributed by atoms with Crippen LogP contribution in [0.4, 0.5) is 5.69 Å². The fourth-order valence-corrected chi connectivity index (χ4v) is 4.08. The molecule has 0 saturated carbocycles. The number of ether oxygens (including phenoxy) is 2. The lowest BCUT2D eigenvalue weighted by atomic mass is 9.77. The van der Waals surface area contributed by atoms with Crippen molar-refractivity contribution < 1.29 is 19.1 Å². The summed E-state index contributed by atoms with van der Waals surface area (Å²) >= 11 is 0. The van der Waals surface area contributed by atoms with Crippen molar-refractivity contribution in [3.63, 3.8) is 0 Å². The van der Waals surface area contributed by atoms with Crippen LogP contribution < -0.4 is 4.90 Å². The van der Waals surface area contributed by atoms with Crippen LogP contribution in [0.1, 0.15) is 12.5 Å². The summed E-state index contributed by atoms with van der Waals surface area (Å²) in [4.78, 5) is 27.1. The second-order valence-electron chi connectivity index (χ2n) is 6.36. The topological polar surface area (TPSA) is 55.8 Å². The van der Waals surface area contributed by atoms with Crippen molar-refractivity contribution in [1.29, 1.82) is 0 Å². The van der Waals surface area contributed by atoms with Crippen LogP contribution in [0.5, 0.6) is 0 Å². The molecule has 0 unspecified atom stereocenters. The largest absolute Gasteiger partial charge is 0.466 e. The third kappa shape index (κ3) is 1.89. The maximum absolute atomic E-state index is 13.0. The van der Waals surface area contributed by atoms with Gasteiger partial charge in [0.1, 0.15) is 11.5 Å². The normalized spacial score (nSPS) is 34.1. The first-order valence-corrected chi connectivity index (χ1v) is 7.98. The summed E-state index contributed by atoms with van der Waals surface area (Å²) in [5.41, 5.74) is 1.22. The molecule has 5 heteroatoms. The number of anilines is 1. The Hall–Kier alpha value is -2.14. The molecule has 5 nitrogen and oxygen atoms in total. The number of benzene rings is 1. The number of amides is 1. The van der Waals surface area contributed by atoms with E-state index in [9.17, 15) is 9.59 Å². The monoisotopic (exact) mass is 313 g/mol. The molecule has 3 heterocycles. The molecule has 1 aromatic rings. The van der Waals surface area contributed by atoms with Crippen LogP contribution in [-0.2, 0) is 19.1 Å². The highest BCUT2D eigenvalue weighted by Crippen LogP contribution is 2.53. The van der Waals surface area contributed by atoms with Gasteiger partial charge in [-0.2, -0.15) is 0 Å². The van der Waals surface area contributed by atoms with Gasteiger partial charge < -0.3 is 14.4 Å². The number of aryl methyl sites for hydroxylation is 1. The van der Waals surface area contributed by atoms with Gasteiger partial charge in [0.2, 0.25) is 5.91 Å². The van der Waals surface area contributed by atoms with E-state index in [0.29, 0.717) is 13.2 Å². The Morgan fingerprint density at radius 2 is 2.22 bits per heavy atom. The number of hydrogen-bond acceptors (Lipinski definition) is 4. The van der Waals surface area contributed by atoms with Gasteiger partial charge in [-0.1, -0.05) is 30.4 Å². The van der Waals surface area contributed by atoms with Gasteiger partial charge in [0.05, 0.1) is 25.2 Å². The molecule has 0 aromatic heterocycles. The SMILES string of the molecule is CCOC(=O)[C@@H]1[C@@H]2C=C[C@]3(CN(c4ccccc4C)C(=O)[C@H]13)O2. The van der Waals surface area contributed by atoms with Gasteiger partial charge in [-0.25, -0.2) is 0 Å². The van der Waals surface area contributed by atoms with Gasteiger partial charge in [0.25, 0.3) is 0 Å². The highest BCUT2D eigenvalue weighted by atomic mass is 16.6. The van der Waals surface area contributed by atoms with Gasteiger partial charge in [-0.3, -0.25) is 9.59 Å². The molecule has 0 aliphatic carbocycles. The minimum absolute atomic E-state index is 0.0517. The number of carbonyl (C=O) groups excluding carboxylic acids is 2. The number of hydrogen-bond donors (Lipinski definition) is 0. The summed E-state index contributed by atoms with van der Waals surface area (Å²) in [6, 6.07) is 7.77. The first kappa shape index (κ1) is 14.5. The number of esters is 1. The van der Waals surface area contributed by atoms with E-state index >= 15 is 0 Å².